The summed E-state index contributed by atoms with van der Waals surface area (Å²) < 4.78 is 29.6. The Morgan fingerprint density at radius 2 is 1.88 bits per heavy atom. The normalized spacial score (nSPS) is 15.7. The van der Waals surface area contributed by atoms with Gasteiger partial charge in [-0.25, -0.2) is 0 Å². The van der Waals surface area contributed by atoms with Gasteiger partial charge < -0.3 is 5.32 Å². The van der Waals surface area contributed by atoms with Crippen LogP contribution >= 0.6 is 11.6 Å². The number of alkyl halides is 1. The van der Waals surface area contributed by atoms with E-state index in [-0.39, 0.29) is 4.90 Å². The van der Waals surface area contributed by atoms with Gasteiger partial charge in [0, 0.05) is 19.0 Å². The maximum absolute atomic E-state index is 10.5. The van der Waals surface area contributed by atoms with E-state index in [9.17, 15) is 8.42 Å². The van der Waals surface area contributed by atoms with Crippen molar-refractivity contribution in [3.8, 4) is 0 Å². The Kier molecular flexibility index (Phi) is 5.39. The average molecular weight is 278 g/mol. The predicted octanol–water partition coefficient (Wildman–Crippen LogP) is 1.69. The third-order valence-electron chi connectivity index (χ3n) is 2.40. The van der Waals surface area contributed by atoms with E-state index in [0.717, 1.165) is 30.5 Å². The predicted molar refractivity (Wildman–Crippen MR) is 68.1 cm³/mol. The van der Waals surface area contributed by atoms with Crippen molar-refractivity contribution in [2.24, 2.45) is 5.92 Å². The topological polar surface area (TPSA) is 66.4 Å². The van der Waals surface area contributed by atoms with E-state index >= 15 is 0 Å². The van der Waals surface area contributed by atoms with Gasteiger partial charge in [-0.15, -0.1) is 11.6 Å². The van der Waals surface area contributed by atoms with Crippen LogP contribution < -0.4 is 5.32 Å². The lowest BCUT2D eigenvalue weighted by atomic mass is 10.1. The number of benzene rings is 1. The van der Waals surface area contributed by atoms with Gasteiger partial charge in [0.15, 0.2) is 0 Å². The van der Waals surface area contributed by atoms with Crippen molar-refractivity contribution in [1.29, 1.82) is 0 Å². The third-order valence-corrected chi connectivity index (χ3v) is 3.71. The van der Waals surface area contributed by atoms with Gasteiger partial charge in [0.1, 0.15) is 0 Å². The minimum Gasteiger partial charge on any atom is -0.316 e. The van der Waals surface area contributed by atoms with Crippen molar-refractivity contribution >= 4 is 21.7 Å². The number of halogens is 1. The summed E-state index contributed by atoms with van der Waals surface area (Å²) in [7, 11) is -4.02. The molecule has 0 aliphatic carbocycles. The van der Waals surface area contributed by atoms with Crippen LogP contribution in [0.1, 0.15) is 5.56 Å². The zero-order chi connectivity index (χ0) is 12.9. The summed E-state index contributed by atoms with van der Waals surface area (Å²) >= 11 is 5.46. The standard InChI is InChI=1S/C7H8O3S.C4H8ClN/c1-6-2-4-7(5-3-6)11(8,9)10;5-1-4-2-6-3-4/h2-5H,1H3,(H,8,9,10);4,6H,1-3H2. The maximum atomic E-state index is 10.5. The van der Waals surface area contributed by atoms with E-state index in [1.807, 2.05) is 6.92 Å². The number of aryl methyl sites for hydroxylation is 1. The smallest absolute Gasteiger partial charge is 0.294 e. The molecule has 0 atom stereocenters. The lowest BCUT2D eigenvalue weighted by Crippen LogP contribution is -2.42. The van der Waals surface area contributed by atoms with E-state index in [1.165, 1.54) is 12.1 Å². The Balaban J connectivity index is 0.000000202. The molecule has 1 aromatic carbocycles. The molecule has 6 heteroatoms. The van der Waals surface area contributed by atoms with E-state index in [4.69, 9.17) is 16.2 Å². The molecule has 1 aliphatic rings. The average Bonchev–Trinajstić information content (AvgIpc) is 2.16. The molecule has 2 N–H and O–H groups in total. The van der Waals surface area contributed by atoms with Crippen LogP contribution in [0.2, 0.25) is 0 Å². The first-order chi connectivity index (χ1) is 7.93. The second kappa shape index (κ2) is 6.35. The minimum absolute atomic E-state index is 0.0666. The van der Waals surface area contributed by atoms with Crippen LogP contribution in [0, 0.1) is 12.8 Å². The van der Waals surface area contributed by atoms with Gasteiger partial charge >= 0.3 is 0 Å². The van der Waals surface area contributed by atoms with Crippen LogP contribution in [0.4, 0.5) is 0 Å². The lowest BCUT2D eigenvalue weighted by molar-refractivity contribution is 0.383. The molecule has 1 fully saturated rings. The van der Waals surface area contributed by atoms with Crippen molar-refractivity contribution in [2.45, 2.75) is 11.8 Å². The second-order valence-corrected chi connectivity index (χ2v) is 5.70. The third kappa shape index (κ3) is 5.04. The highest BCUT2D eigenvalue weighted by Gasteiger charge is 2.13. The summed E-state index contributed by atoms with van der Waals surface area (Å²) in [5, 5.41) is 3.13. The Hall–Kier alpha value is -0.620. The van der Waals surface area contributed by atoms with Crippen LogP contribution in [0.25, 0.3) is 0 Å². The van der Waals surface area contributed by atoms with Gasteiger partial charge in [0.2, 0.25) is 0 Å². The van der Waals surface area contributed by atoms with E-state index in [2.05, 4.69) is 5.32 Å². The van der Waals surface area contributed by atoms with Crippen molar-refractivity contribution in [3.05, 3.63) is 29.8 Å². The molecule has 2 rings (SSSR count). The number of hydrogen-bond acceptors (Lipinski definition) is 3. The molecule has 0 spiro atoms. The summed E-state index contributed by atoms with van der Waals surface area (Å²) in [6.45, 7) is 4.10. The molecule has 1 aliphatic heterocycles. The van der Waals surface area contributed by atoms with Crippen molar-refractivity contribution in [2.75, 3.05) is 19.0 Å². The Labute approximate surface area is 107 Å². The molecule has 1 heterocycles. The molecular formula is C11H16ClNO3S. The monoisotopic (exact) mass is 277 g/mol. The quantitative estimate of drug-likeness (QED) is 0.638. The molecule has 0 amide bonds. The van der Waals surface area contributed by atoms with Crippen molar-refractivity contribution < 1.29 is 13.0 Å². The fourth-order valence-corrected chi connectivity index (χ4v) is 1.87. The number of hydrogen-bond donors (Lipinski definition) is 2. The fourth-order valence-electron chi connectivity index (χ4n) is 1.17. The number of nitrogens with one attached hydrogen (secondary N) is 1. The summed E-state index contributed by atoms with van der Waals surface area (Å²) in [5.74, 6) is 1.60. The first-order valence-electron chi connectivity index (χ1n) is 5.24. The molecule has 96 valence electrons. The van der Waals surface area contributed by atoms with Crippen LogP contribution in [0.5, 0.6) is 0 Å². The van der Waals surface area contributed by atoms with Gasteiger partial charge in [0.05, 0.1) is 4.90 Å². The first kappa shape index (κ1) is 14.4. The van der Waals surface area contributed by atoms with Crippen LogP contribution in [-0.2, 0) is 10.1 Å². The van der Waals surface area contributed by atoms with Crippen LogP contribution in [-0.4, -0.2) is 31.9 Å². The molecule has 17 heavy (non-hydrogen) atoms. The Morgan fingerprint density at radius 1 is 1.35 bits per heavy atom. The number of rotatable bonds is 2. The largest absolute Gasteiger partial charge is 0.316 e. The first-order valence-corrected chi connectivity index (χ1v) is 7.22. The fraction of sp³-hybridized carbons (Fsp3) is 0.455. The molecule has 4 nitrogen and oxygen atoms in total. The summed E-state index contributed by atoms with van der Waals surface area (Å²) in [5.41, 5.74) is 0.956. The van der Waals surface area contributed by atoms with E-state index in [0.29, 0.717) is 0 Å². The molecule has 0 unspecified atom stereocenters. The highest BCUT2D eigenvalue weighted by molar-refractivity contribution is 7.85. The van der Waals surface area contributed by atoms with Gasteiger partial charge in [-0.2, -0.15) is 8.42 Å². The summed E-state index contributed by atoms with van der Waals surface area (Å²) in [6, 6.07) is 5.99. The van der Waals surface area contributed by atoms with Crippen LogP contribution in [0.3, 0.4) is 0 Å². The van der Waals surface area contributed by atoms with E-state index in [1.54, 1.807) is 12.1 Å². The Morgan fingerprint density at radius 3 is 2.12 bits per heavy atom. The highest BCUT2D eigenvalue weighted by atomic mass is 35.5. The van der Waals surface area contributed by atoms with Crippen molar-refractivity contribution in [1.82, 2.24) is 5.32 Å². The summed E-state index contributed by atoms with van der Waals surface area (Å²) in [4.78, 5) is -0.0666. The van der Waals surface area contributed by atoms with Crippen LogP contribution in [0.15, 0.2) is 29.2 Å². The molecule has 0 saturated carbocycles. The second-order valence-electron chi connectivity index (χ2n) is 3.97. The zero-order valence-electron chi connectivity index (χ0n) is 9.56. The van der Waals surface area contributed by atoms with Gasteiger partial charge in [-0.05, 0) is 25.0 Å². The lowest BCUT2D eigenvalue weighted by Gasteiger charge is -2.23. The molecular weight excluding hydrogens is 262 g/mol. The summed E-state index contributed by atoms with van der Waals surface area (Å²) in [6.07, 6.45) is 0. The SMILES string of the molecule is Cc1ccc(S(=O)(=O)O)cc1.ClCC1CNC1. The van der Waals surface area contributed by atoms with Gasteiger partial charge in [-0.3, -0.25) is 4.55 Å². The van der Waals surface area contributed by atoms with Crippen molar-refractivity contribution in [3.63, 3.8) is 0 Å². The van der Waals surface area contributed by atoms with E-state index < -0.39 is 10.1 Å². The maximum Gasteiger partial charge on any atom is 0.294 e. The Bertz CT molecular complexity index is 438. The molecule has 0 radical (unpaired) electrons. The molecule has 0 aromatic heterocycles. The minimum atomic E-state index is -4.02. The van der Waals surface area contributed by atoms with Gasteiger partial charge in [-0.1, -0.05) is 17.7 Å². The highest BCUT2D eigenvalue weighted by Crippen LogP contribution is 2.08. The molecule has 1 saturated heterocycles. The molecule has 1 aromatic rings. The zero-order valence-corrected chi connectivity index (χ0v) is 11.1. The molecule has 0 bridgehead atoms. The van der Waals surface area contributed by atoms with Gasteiger partial charge in [0.25, 0.3) is 10.1 Å².